The van der Waals surface area contributed by atoms with Crippen LogP contribution in [0.25, 0.3) is 0 Å². The van der Waals surface area contributed by atoms with E-state index in [-0.39, 0.29) is 0 Å². The number of carbonyl (C=O) groups excluding carboxylic acids is 1. The van der Waals surface area contributed by atoms with Gasteiger partial charge in [-0.2, -0.15) is 0 Å². The zero-order valence-electron chi connectivity index (χ0n) is 16.4. The summed E-state index contributed by atoms with van der Waals surface area (Å²) in [4.78, 5) is 12.0. The van der Waals surface area contributed by atoms with Gasteiger partial charge in [-0.05, 0) is 105 Å². The Morgan fingerprint density at radius 1 is 0.917 bits per heavy atom. The van der Waals surface area contributed by atoms with E-state index >= 15 is 0 Å². The minimum absolute atomic E-state index is 0.366. The largest absolute Gasteiger partial charge is 0.300 e. The number of rotatable bonds is 1. The molecule has 0 saturated heterocycles. The molecule has 24 heavy (non-hydrogen) atoms. The topological polar surface area (TPSA) is 17.1 Å². The maximum atomic E-state index is 12.0. The Morgan fingerprint density at radius 2 is 1.71 bits per heavy atom. The molecule has 0 bridgehead atoms. The van der Waals surface area contributed by atoms with Crippen molar-refractivity contribution in [2.45, 2.75) is 91.9 Å². The maximum absolute atomic E-state index is 12.0. The van der Waals surface area contributed by atoms with Gasteiger partial charge in [0.15, 0.2) is 0 Å². The molecule has 8 atom stereocenters. The fourth-order valence-corrected chi connectivity index (χ4v) is 8.08. The lowest BCUT2D eigenvalue weighted by molar-refractivity contribution is -0.143. The molecule has 136 valence electrons. The summed E-state index contributed by atoms with van der Waals surface area (Å²) < 4.78 is 0. The monoisotopic (exact) mass is 330 g/mol. The molecule has 4 aliphatic rings. The number of carbonyl (C=O) groups is 1. The number of hydrogen-bond acceptors (Lipinski definition) is 1. The molecule has 0 aromatic rings. The van der Waals surface area contributed by atoms with Crippen molar-refractivity contribution in [1.29, 1.82) is 0 Å². The number of ketones is 1. The summed E-state index contributed by atoms with van der Waals surface area (Å²) in [6.07, 6.45) is 14.0. The van der Waals surface area contributed by atoms with Crippen molar-refractivity contribution in [3.63, 3.8) is 0 Å². The van der Waals surface area contributed by atoms with Crippen molar-refractivity contribution in [2.24, 2.45) is 46.3 Å². The van der Waals surface area contributed by atoms with Gasteiger partial charge in [-0.15, -0.1) is 0 Å². The first-order valence-electron chi connectivity index (χ1n) is 10.8. The molecule has 0 aromatic heterocycles. The van der Waals surface area contributed by atoms with Gasteiger partial charge in [0.2, 0.25) is 0 Å². The standard InChI is InChI=1S/C23H38O/c1-15-9-12-23(4)18(13-15)6-7-19-20-8-5-17(16(2)24)14-22(20,3)11-10-21(19)23/h15,17-21H,5-14H2,1-4H3/t15-,17-,18+,19+,20+,21+,22-,23+/m1/s1. The smallest absolute Gasteiger partial charge is 0.132 e. The highest BCUT2D eigenvalue weighted by Crippen LogP contribution is 2.66. The Hall–Kier alpha value is -0.330. The average molecular weight is 331 g/mol. The Balaban J connectivity index is 1.57. The Morgan fingerprint density at radius 3 is 2.46 bits per heavy atom. The van der Waals surface area contributed by atoms with Gasteiger partial charge in [0.05, 0.1) is 0 Å². The number of hydrogen-bond donors (Lipinski definition) is 0. The Labute approximate surface area is 149 Å². The molecule has 0 aromatic carbocycles. The number of fused-ring (bicyclic) bond motifs is 5. The molecule has 0 unspecified atom stereocenters. The SMILES string of the molecule is CC(=O)[C@@H]1CC[C@H]2[C@@H]3CC[C@H]4C[C@H](C)CC[C@]4(C)[C@H]3CC[C@]2(C)C1. The fourth-order valence-electron chi connectivity index (χ4n) is 8.08. The van der Waals surface area contributed by atoms with E-state index in [0.717, 1.165) is 29.6 Å². The highest BCUT2D eigenvalue weighted by molar-refractivity contribution is 5.78. The second kappa shape index (κ2) is 5.85. The first kappa shape index (κ1) is 17.1. The van der Waals surface area contributed by atoms with Crippen LogP contribution < -0.4 is 0 Å². The van der Waals surface area contributed by atoms with E-state index < -0.39 is 0 Å². The van der Waals surface area contributed by atoms with Crippen LogP contribution in [0, 0.1) is 46.3 Å². The third kappa shape index (κ3) is 2.52. The lowest BCUT2D eigenvalue weighted by Crippen LogP contribution is -2.55. The van der Waals surface area contributed by atoms with E-state index in [9.17, 15) is 4.79 Å². The van der Waals surface area contributed by atoms with E-state index in [4.69, 9.17) is 0 Å². The van der Waals surface area contributed by atoms with Crippen molar-refractivity contribution >= 4 is 5.78 Å². The molecular weight excluding hydrogens is 292 g/mol. The molecule has 0 spiro atoms. The predicted molar refractivity (Wildman–Crippen MR) is 99.7 cm³/mol. The molecule has 4 rings (SSSR count). The van der Waals surface area contributed by atoms with Gasteiger partial charge in [-0.1, -0.05) is 27.2 Å². The summed E-state index contributed by atoms with van der Waals surface area (Å²) in [5.41, 5.74) is 1.09. The highest BCUT2D eigenvalue weighted by Gasteiger charge is 2.57. The Bertz CT molecular complexity index is 510. The molecule has 4 fully saturated rings. The van der Waals surface area contributed by atoms with E-state index in [1.807, 2.05) is 6.92 Å². The van der Waals surface area contributed by atoms with E-state index in [1.54, 1.807) is 0 Å². The molecular formula is C23H38O. The van der Waals surface area contributed by atoms with Crippen LogP contribution in [0.5, 0.6) is 0 Å². The molecule has 4 saturated carbocycles. The molecule has 0 amide bonds. The first-order valence-corrected chi connectivity index (χ1v) is 10.8. The predicted octanol–water partition coefficient (Wildman–Crippen LogP) is 6.26. The minimum atomic E-state index is 0.366. The first-order chi connectivity index (χ1) is 11.3. The summed E-state index contributed by atoms with van der Waals surface area (Å²) in [6, 6.07) is 0. The molecule has 0 radical (unpaired) electrons. The van der Waals surface area contributed by atoms with Crippen LogP contribution in [0.3, 0.4) is 0 Å². The lowest BCUT2D eigenvalue weighted by Gasteiger charge is -2.63. The minimum Gasteiger partial charge on any atom is -0.300 e. The fraction of sp³-hybridized carbons (Fsp3) is 0.957. The van der Waals surface area contributed by atoms with Crippen molar-refractivity contribution in [3.05, 3.63) is 0 Å². The van der Waals surface area contributed by atoms with Crippen LogP contribution in [0.2, 0.25) is 0 Å². The van der Waals surface area contributed by atoms with Gasteiger partial charge in [0.25, 0.3) is 0 Å². The van der Waals surface area contributed by atoms with E-state index in [1.165, 1.54) is 64.2 Å². The van der Waals surface area contributed by atoms with Gasteiger partial charge in [-0.3, -0.25) is 4.79 Å². The van der Waals surface area contributed by atoms with Crippen LogP contribution in [0.1, 0.15) is 91.9 Å². The molecule has 0 aliphatic heterocycles. The summed E-state index contributed by atoms with van der Waals surface area (Å²) in [6.45, 7) is 9.52. The van der Waals surface area contributed by atoms with Gasteiger partial charge in [0, 0.05) is 5.92 Å². The van der Waals surface area contributed by atoms with Gasteiger partial charge < -0.3 is 0 Å². The zero-order chi connectivity index (χ0) is 17.1. The second-order valence-electron chi connectivity index (χ2n) is 10.8. The third-order valence-electron chi connectivity index (χ3n) is 9.56. The summed E-state index contributed by atoms with van der Waals surface area (Å²) in [5.74, 6) is 5.63. The molecule has 4 aliphatic carbocycles. The molecule has 1 nitrogen and oxygen atoms in total. The van der Waals surface area contributed by atoms with Crippen molar-refractivity contribution in [3.8, 4) is 0 Å². The quantitative estimate of drug-likeness (QED) is 0.554. The van der Waals surface area contributed by atoms with Crippen molar-refractivity contribution < 1.29 is 4.79 Å². The van der Waals surface area contributed by atoms with Crippen LogP contribution in [-0.2, 0) is 4.79 Å². The maximum Gasteiger partial charge on any atom is 0.132 e. The van der Waals surface area contributed by atoms with Gasteiger partial charge in [0.1, 0.15) is 5.78 Å². The Kier molecular flexibility index (Phi) is 4.17. The summed E-state index contributed by atoms with van der Waals surface area (Å²) in [5, 5.41) is 0. The third-order valence-corrected chi connectivity index (χ3v) is 9.56. The van der Waals surface area contributed by atoms with Crippen molar-refractivity contribution in [1.82, 2.24) is 0 Å². The number of Topliss-reactive ketones (excluding diaryl/α,β-unsaturated/α-hetero) is 1. The summed E-state index contributed by atoms with van der Waals surface area (Å²) in [7, 11) is 0. The summed E-state index contributed by atoms with van der Waals surface area (Å²) >= 11 is 0. The van der Waals surface area contributed by atoms with Gasteiger partial charge in [-0.25, -0.2) is 0 Å². The lowest BCUT2D eigenvalue weighted by atomic mass is 9.42. The van der Waals surface area contributed by atoms with Crippen LogP contribution in [0.4, 0.5) is 0 Å². The molecule has 1 heteroatoms. The molecule has 0 heterocycles. The zero-order valence-corrected chi connectivity index (χ0v) is 16.4. The van der Waals surface area contributed by atoms with Gasteiger partial charge >= 0.3 is 0 Å². The van der Waals surface area contributed by atoms with Crippen LogP contribution in [-0.4, -0.2) is 5.78 Å². The van der Waals surface area contributed by atoms with E-state index in [0.29, 0.717) is 22.5 Å². The highest BCUT2D eigenvalue weighted by atomic mass is 16.1. The average Bonchev–Trinajstić information content (AvgIpc) is 2.54. The van der Waals surface area contributed by atoms with E-state index in [2.05, 4.69) is 20.8 Å². The second-order valence-corrected chi connectivity index (χ2v) is 10.8. The molecule has 0 N–H and O–H groups in total. The van der Waals surface area contributed by atoms with Crippen LogP contribution >= 0.6 is 0 Å². The van der Waals surface area contributed by atoms with Crippen molar-refractivity contribution in [2.75, 3.05) is 0 Å². The van der Waals surface area contributed by atoms with Crippen LogP contribution in [0.15, 0.2) is 0 Å². The normalized spacial score (nSPS) is 54.3.